The molecule has 0 amide bonds. The Balaban J connectivity index is 2.09. The van der Waals surface area contributed by atoms with E-state index >= 15 is 0 Å². The summed E-state index contributed by atoms with van der Waals surface area (Å²) in [4.78, 5) is 5.46. The molecule has 1 aromatic heterocycles. The molecule has 1 unspecified atom stereocenters. The average molecular weight is 345 g/mol. The quantitative estimate of drug-likeness (QED) is 0.851. The average Bonchev–Trinajstić information content (AvgIpc) is 2.77. The van der Waals surface area contributed by atoms with Crippen LogP contribution in [0.5, 0.6) is 5.75 Å². The van der Waals surface area contributed by atoms with Crippen molar-refractivity contribution >= 4 is 34.5 Å². The number of hydrogen-bond acceptors (Lipinski definition) is 4. The van der Waals surface area contributed by atoms with Crippen LogP contribution in [0.25, 0.3) is 0 Å². The number of nitrogens with two attached hydrogens (primary N) is 1. The fourth-order valence-electron chi connectivity index (χ4n) is 2.09. The third-order valence-electron chi connectivity index (χ3n) is 3.05. The highest BCUT2D eigenvalue weighted by Gasteiger charge is 2.13. The first kappa shape index (κ1) is 16.6. The lowest BCUT2D eigenvalue weighted by Crippen LogP contribution is -2.18. The van der Waals surface area contributed by atoms with Gasteiger partial charge in [-0.05, 0) is 38.0 Å². The number of thiazole rings is 1. The van der Waals surface area contributed by atoms with Crippen molar-refractivity contribution in [1.82, 2.24) is 4.98 Å². The van der Waals surface area contributed by atoms with Gasteiger partial charge in [0.2, 0.25) is 0 Å². The molecule has 0 aliphatic carbocycles. The van der Waals surface area contributed by atoms with E-state index in [1.54, 1.807) is 17.4 Å². The molecule has 0 spiro atoms. The Morgan fingerprint density at radius 1 is 1.38 bits per heavy atom. The molecule has 2 aromatic rings. The van der Waals surface area contributed by atoms with Gasteiger partial charge in [-0.2, -0.15) is 0 Å². The molecule has 2 rings (SSSR count). The summed E-state index contributed by atoms with van der Waals surface area (Å²) in [6, 6.07) is 3.58. The van der Waals surface area contributed by atoms with Crippen molar-refractivity contribution in [3.05, 3.63) is 43.8 Å². The number of nitrogens with zero attached hydrogens (tertiary/aromatic N) is 1. The summed E-state index contributed by atoms with van der Waals surface area (Å²) in [5, 5.41) is 1.13. The Morgan fingerprint density at radius 2 is 2.14 bits per heavy atom. The van der Waals surface area contributed by atoms with Crippen LogP contribution in [-0.2, 0) is 12.8 Å². The Bertz CT molecular complexity index is 614. The lowest BCUT2D eigenvalue weighted by molar-refractivity contribution is 0.319. The minimum atomic E-state index is 0.0191. The molecule has 1 heterocycles. The normalized spacial score (nSPS) is 12.4. The standard InChI is InChI=1S/C15H18Cl2N2OS/c1-9(18)5-11-6-12(16)7-13(17)15(11)20-4-3-14-10(2)19-8-21-14/h6-9H,3-5,18H2,1-2H3. The molecule has 21 heavy (non-hydrogen) atoms. The number of ether oxygens (including phenoxy) is 1. The molecule has 2 N–H and O–H groups in total. The highest BCUT2D eigenvalue weighted by molar-refractivity contribution is 7.09. The third kappa shape index (κ3) is 4.58. The number of rotatable bonds is 6. The fraction of sp³-hybridized carbons (Fsp3) is 0.400. The summed E-state index contributed by atoms with van der Waals surface area (Å²) in [5.41, 5.74) is 9.72. The van der Waals surface area contributed by atoms with Crippen LogP contribution < -0.4 is 10.5 Å². The predicted molar refractivity (Wildman–Crippen MR) is 89.9 cm³/mol. The van der Waals surface area contributed by atoms with Crippen molar-refractivity contribution in [2.75, 3.05) is 6.61 Å². The van der Waals surface area contributed by atoms with Crippen LogP contribution >= 0.6 is 34.5 Å². The van der Waals surface area contributed by atoms with Crippen molar-refractivity contribution in [2.45, 2.75) is 32.7 Å². The summed E-state index contributed by atoms with van der Waals surface area (Å²) < 4.78 is 5.88. The highest BCUT2D eigenvalue weighted by atomic mass is 35.5. The summed E-state index contributed by atoms with van der Waals surface area (Å²) in [6.45, 7) is 4.50. The zero-order valence-corrected chi connectivity index (χ0v) is 14.4. The van der Waals surface area contributed by atoms with Gasteiger partial charge in [0.05, 0.1) is 22.8 Å². The van der Waals surface area contributed by atoms with Gasteiger partial charge in [0.1, 0.15) is 5.75 Å². The molecule has 6 heteroatoms. The minimum absolute atomic E-state index is 0.0191. The maximum atomic E-state index is 6.25. The van der Waals surface area contributed by atoms with Crippen LogP contribution in [0.3, 0.4) is 0 Å². The van der Waals surface area contributed by atoms with Gasteiger partial charge in [0.15, 0.2) is 0 Å². The van der Waals surface area contributed by atoms with Gasteiger partial charge in [0, 0.05) is 22.4 Å². The summed E-state index contributed by atoms with van der Waals surface area (Å²) in [5.74, 6) is 0.681. The zero-order chi connectivity index (χ0) is 15.4. The molecule has 0 aliphatic heterocycles. The van der Waals surface area contributed by atoms with Gasteiger partial charge in [-0.1, -0.05) is 23.2 Å². The SMILES string of the molecule is Cc1ncsc1CCOc1c(Cl)cc(Cl)cc1CC(C)N. The van der Waals surface area contributed by atoms with Crippen molar-refractivity contribution < 1.29 is 4.74 Å². The first-order valence-electron chi connectivity index (χ1n) is 6.72. The Labute approximate surface area is 139 Å². The molecular formula is C15H18Cl2N2OS. The van der Waals surface area contributed by atoms with E-state index in [0.29, 0.717) is 28.8 Å². The van der Waals surface area contributed by atoms with E-state index in [-0.39, 0.29) is 6.04 Å². The van der Waals surface area contributed by atoms with Crippen molar-refractivity contribution in [1.29, 1.82) is 0 Å². The Kier molecular flexibility index (Phi) is 5.88. The molecule has 0 aliphatic rings. The summed E-state index contributed by atoms with van der Waals surface area (Å²) in [6.07, 6.45) is 1.49. The van der Waals surface area contributed by atoms with E-state index in [0.717, 1.165) is 17.7 Å². The fourth-order valence-corrected chi connectivity index (χ4v) is 3.44. The zero-order valence-electron chi connectivity index (χ0n) is 12.0. The van der Waals surface area contributed by atoms with E-state index < -0.39 is 0 Å². The van der Waals surface area contributed by atoms with Gasteiger partial charge in [-0.25, -0.2) is 4.98 Å². The molecular weight excluding hydrogens is 327 g/mol. The summed E-state index contributed by atoms with van der Waals surface area (Å²) in [7, 11) is 0. The predicted octanol–water partition coefficient (Wildman–Crippen LogP) is 4.27. The molecule has 0 saturated carbocycles. The van der Waals surface area contributed by atoms with Crippen LogP contribution in [0.15, 0.2) is 17.6 Å². The van der Waals surface area contributed by atoms with Gasteiger partial charge in [-0.15, -0.1) is 11.3 Å². The van der Waals surface area contributed by atoms with Crippen molar-refractivity contribution in [3.8, 4) is 5.75 Å². The van der Waals surface area contributed by atoms with Crippen LogP contribution in [0.2, 0.25) is 10.0 Å². The molecule has 0 fully saturated rings. The van der Waals surface area contributed by atoms with Crippen LogP contribution in [0.4, 0.5) is 0 Å². The smallest absolute Gasteiger partial charge is 0.141 e. The molecule has 1 aromatic carbocycles. The lowest BCUT2D eigenvalue weighted by atomic mass is 10.1. The maximum absolute atomic E-state index is 6.25. The topological polar surface area (TPSA) is 48.1 Å². The molecule has 1 atom stereocenters. The van der Waals surface area contributed by atoms with Gasteiger partial charge in [-0.3, -0.25) is 0 Å². The first-order chi connectivity index (χ1) is 9.97. The Morgan fingerprint density at radius 3 is 2.76 bits per heavy atom. The lowest BCUT2D eigenvalue weighted by Gasteiger charge is -2.15. The third-order valence-corrected chi connectivity index (χ3v) is 4.54. The van der Waals surface area contributed by atoms with E-state index in [9.17, 15) is 0 Å². The van der Waals surface area contributed by atoms with Crippen LogP contribution in [0.1, 0.15) is 23.1 Å². The number of aryl methyl sites for hydroxylation is 1. The number of halogens is 2. The molecule has 0 radical (unpaired) electrons. The number of aromatic nitrogens is 1. The maximum Gasteiger partial charge on any atom is 0.141 e. The Hall–Kier alpha value is -0.810. The number of hydrogen-bond donors (Lipinski definition) is 1. The van der Waals surface area contributed by atoms with Gasteiger partial charge in [0.25, 0.3) is 0 Å². The van der Waals surface area contributed by atoms with Crippen LogP contribution in [-0.4, -0.2) is 17.6 Å². The molecule has 0 bridgehead atoms. The minimum Gasteiger partial charge on any atom is -0.491 e. The van der Waals surface area contributed by atoms with Gasteiger partial charge >= 0.3 is 0 Å². The second-order valence-electron chi connectivity index (χ2n) is 5.02. The highest BCUT2D eigenvalue weighted by Crippen LogP contribution is 2.33. The molecule has 3 nitrogen and oxygen atoms in total. The van der Waals surface area contributed by atoms with E-state index in [1.807, 2.05) is 25.4 Å². The van der Waals surface area contributed by atoms with E-state index in [4.69, 9.17) is 33.7 Å². The van der Waals surface area contributed by atoms with Crippen molar-refractivity contribution in [2.24, 2.45) is 5.73 Å². The van der Waals surface area contributed by atoms with Gasteiger partial charge < -0.3 is 10.5 Å². The molecule has 114 valence electrons. The molecule has 0 saturated heterocycles. The second-order valence-corrected chi connectivity index (χ2v) is 6.80. The van der Waals surface area contributed by atoms with Crippen LogP contribution in [0, 0.1) is 6.92 Å². The largest absolute Gasteiger partial charge is 0.491 e. The number of benzene rings is 1. The first-order valence-corrected chi connectivity index (χ1v) is 8.36. The monoisotopic (exact) mass is 344 g/mol. The van der Waals surface area contributed by atoms with Crippen molar-refractivity contribution in [3.63, 3.8) is 0 Å². The summed E-state index contributed by atoms with van der Waals surface area (Å²) >= 11 is 13.9. The van der Waals surface area contributed by atoms with E-state index in [2.05, 4.69) is 4.98 Å². The second kappa shape index (κ2) is 7.45. The van der Waals surface area contributed by atoms with E-state index in [1.165, 1.54) is 4.88 Å².